The van der Waals surface area contributed by atoms with Crippen molar-refractivity contribution in [1.29, 1.82) is 0 Å². The highest BCUT2D eigenvalue weighted by molar-refractivity contribution is 5.97. The molecule has 4 N–H and O–H groups in total. The predicted octanol–water partition coefficient (Wildman–Crippen LogP) is 0.778. The van der Waals surface area contributed by atoms with Crippen molar-refractivity contribution in [2.24, 2.45) is 0 Å². The average molecular weight is 250 g/mol. The zero-order valence-electron chi connectivity index (χ0n) is 10.2. The van der Waals surface area contributed by atoms with Gasteiger partial charge >= 0.3 is 0 Å². The third kappa shape index (κ3) is 2.20. The van der Waals surface area contributed by atoms with E-state index in [0.717, 1.165) is 31.4 Å². The SMILES string of the molecule is Nc1c(C(=O)NC2CCOCC2)n[nH]c1C1CC1. The number of carbonyl (C=O) groups is 1. The Morgan fingerprint density at radius 2 is 2.06 bits per heavy atom. The molecule has 2 aliphatic rings. The minimum absolute atomic E-state index is 0.173. The number of ether oxygens (including phenoxy) is 1. The fourth-order valence-corrected chi connectivity index (χ4v) is 2.32. The summed E-state index contributed by atoms with van der Waals surface area (Å²) in [6, 6.07) is 0.173. The van der Waals surface area contributed by atoms with E-state index in [1.807, 2.05) is 0 Å². The minimum Gasteiger partial charge on any atom is -0.395 e. The quantitative estimate of drug-likeness (QED) is 0.739. The largest absolute Gasteiger partial charge is 0.395 e. The molecule has 1 aromatic heterocycles. The Balaban J connectivity index is 1.67. The number of hydrogen-bond acceptors (Lipinski definition) is 4. The van der Waals surface area contributed by atoms with E-state index in [2.05, 4.69) is 15.5 Å². The van der Waals surface area contributed by atoms with Gasteiger partial charge in [-0.15, -0.1) is 0 Å². The summed E-state index contributed by atoms with van der Waals surface area (Å²) in [6.07, 6.45) is 3.97. The van der Waals surface area contributed by atoms with E-state index >= 15 is 0 Å². The molecular weight excluding hydrogens is 232 g/mol. The monoisotopic (exact) mass is 250 g/mol. The molecule has 1 aromatic rings. The lowest BCUT2D eigenvalue weighted by Gasteiger charge is -2.22. The van der Waals surface area contributed by atoms with Crippen LogP contribution in [0.2, 0.25) is 0 Å². The van der Waals surface area contributed by atoms with Gasteiger partial charge in [0.15, 0.2) is 5.69 Å². The Kier molecular flexibility index (Phi) is 2.95. The van der Waals surface area contributed by atoms with Crippen molar-refractivity contribution in [3.05, 3.63) is 11.4 Å². The molecule has 2 fully saturated rings. The highest BCUT2D eigenvalue weighted by Crippen LogP contribution is 2.42. The van der Waals surface area contributed by atoms with Crippen LogP contribution >= 0.6 is 0 Å². The molecule has 2 heterocycles. The number of nitrogens with zero attached hydrogens (tertiary/aromatic N) is 1. The van der Waals surface area contributed by atoms with Crippen LogP contribution < -0.4 is 11.1 Å². The van der Waals surface area contributed by atoms with Crippen LogP contribution in [0.4, 0.5) is 5.69 Å². The first-order valence-electron chi connectivity index (χ1n) is 6.48. The van der Waals surface area contributed by atoms with Crippen LogP contribution in [0.1, 0.15) is 47.8 Å². The van der Waals surface area contributed by atoms with Crippen LogP contribution in [-0.4, -0.2) is 35.4 Å². The van der Waals surface area contributed by atoms with E-state index in [1.165, 1.54) is 0 Å². The second-order valence-corrected chi connectivity index (χ2v) is 5.03. The summed E-state index contributed by atoms with van der Waals surface area (Å²) >= 11 is 0. The van der Waals surface area contributed by atoms with E-state index in [1.54, 1.807) is 0 Å². The summed E-state index contributed by atoms with van der Waals surface area (Å²) in [5.41, 5.74) is 7.75. The third-order valence-electron chi connectivity index (χ3n) is 3.59. The summed E-state index contributed by atoms with van der Waals surface area (Å²) in [4.78, 5) is 12.1. The zero-order valence-corrected chi connectivity index (χ0v) is 10.2. The number of rotatable bonds is 3. The summed E-state index contributed by atoms with van der Waals surface area (Å²) in [5.74, 6) is 0.296. The number of nitrogen functional groups attached to an aromatic ring is 1. The van der Waals surface area contributed by atoms with E-state index in [9.17, 15) is 4.79 Å². The van der Waals surface area contributed by atoms with E-state index in [4.69, 9.17) is 10.5 Å². The zero-order chi connectivity index (χ0) is 12.5. The molecule has 98 valence electrons. The highest BCUT2D eigenvalue weighted by Gasteiger charge is 2.30. The molecule has 3 rings (SSSR count). The van der Waals surface area contributed by atoms with Gasteiger partial charge in [-0.2, -0.15) is 5.10 Å². The molecule has 0 unspecified atom stereocenters. The predicted molar refractivity (Wildman–Crippen MR) is 66.3 cm³/mol. The first-order chi connectivity index (χ1) is 8.75. The van der Waals surface area contributed by atoms with Gasteiger partial charge in [0.1, 0.15) is 0 Å². The molecule has 0 radical (unpaired) electrons. The number of nitrogens with one attached hydrogen (secondary N) is 2. The molecule has 0 aromatic carbocycles. The maximum Gasteiger partial charge on any atom is 0.274 e. The molecule has 0 atom stereocenters. The number of aromatic amines is 1. The molecule has 6 heteroatoms. The maximum atomic E-state index is 12.1. The minimum atomic E-state index is -0.178. The molecule has 1 aliphatic carbocycles. The Morgan fingerprint density at radius 1 is 1.33 bits per heavy atom. The van der Waals surface area contributed by atoms with Gasteiger partial charge in [-0.1, -0.05) is 0 Å². The van der Waals surface area contributed by atoms with Gasteiger partial charge in [-0.3, -0.25) is 9.89 Å². The first kappa shape index (κ1) is 11.5. The number of amides is 1. The summed E-state index contributed by atoms with van der Waals surface area (Å²) < 4.78 is 5.26. The number of aromatic nitrogens is 2. The van der Waals surface area contributed by atoms with Crippen molar-refractivity contribution < 1.29 is 9.53 Å². The van der Waals surface area contributed by atoms with Gasteiger partial charge in [0.25, 0.3) is 5.91 Å². The lowest BCUT2D eigenvalue weighted by Crippen LogP contribution is -2.39. The third-order valence-corrected chi connectivity index (χ3v) is 3.59. The number of nitrogens with two attached hydrogens (primary N) is 1. The van der Waals surface area contributed by atoms with E-state index < -0.39 is 0 Å². The van der Waals surface area contributed by atoms with Crippen molar-refractivity contribution in [2.45, 2.75) is 37.6 Å². The van der Waals surface area contributed by atoms with Crippen LogP contribution in [0.5, 0.6) is 0 Å². The van der Waals surface area contributed by atoms with E-state index in [-0.39, 0.29) is 11.9 Å². The molecule has 1 saturated carbocycles. The molecular formula is C12H18N4O2. The van der Waals surface area contributed by atoms with Crippen LogP contribution in [0.25, 0.3) is 0 Å². The lowest BCUT2D eigenvalue weighted by atomic mass is 10.1. The van der Waals surface area contributed by atoms with Gasteiger partial charge in [-0.05, 0) is 25.7 Å². The fraction of sp³-hybridized carbons (Fsp3) is 0.667. The fourth-order valence-electron chi connectivity index (χ4n) is 2.32. The van der Waals surface area contributed by atoms with Crippen molar-refractivity contribution in [1.82, 2.24) is 15.5 Å². The van der Waals surface area contributed by atoms with Crippen molar-refractivity contribution in [3.63, 3.8) is 0 Å². The lowest BCUT2D eigenvalue weighted by molar-refractivity contribution is 0.0694. The topological polar surface area (TPSA) is 93.0 Å². The molecule has 1 aliphatic heterocycles. The molecule has 0 bridgehead atoms. The number of anilines is 1. The Hall–Kier alpha value is -1.56. The maximum absolute atomic E-state index is 12.1. The van der Waals surface area contributed by atoms with Gasteiger partial charge < -0.3 is 15.8 Å². The molecule has 1 saturated heterocycles. The number of carbonyl (C=O) groups excluding carboxylic acids is 1. The second kappa shape index (κ2) is 4.61. The van der Waals surface area contributed by atoms with Gasteiger partial charge in [0.2, 0.25) is 0 Å². The Bertz CT molecular complexity index is 447. The highest BCUT2D eigenvalue weighted by atomic mass is 16.5. The van der Waals surface area contributed by atoms with E-state index in [0.29, 0.717) is 30.5 Å². The van der Waals surface area contributed by atoms with Crippen LogP contribution in [0.3, 0.4) is 0 Å². The normalized spacial score (nSPS) is 20.9. The van der Waals surface area contributed by atoms with Gasteiger partial charge in [0, 0.05) is 25.2 Å². The smallest absolute Gasteiger partial charge is 0.274 e. The summed E-state index contributed by atoms with van der Waals surface area (Å²) in [7, 11) is 0. The first-order valence-corrected chi connectivity index (χ1v) is 6.48. The molecule has 6 nitrogen and oxygen atoms in total. The van der Waals surface area contributed by atoms with Crippen LogP contribution in [-0.2, 0) is 4.74 Å². The van der Waals surface area contributed by atoms with Crippen molar-refractivity contribution in [2.75, 3.05) is 18.9 Å². The van der Waals surface area contributed by atoms with Crippen LogP contribution in [0, 0.1) is 0 Å². The molecule has 1 amide bonds. The van der Waals surface area contributed by atoms with Crippen molar-refractivity contribution >= 4 is 11.6 Å². The number of hydrogen-bond donors (Lipinski definition) is 3. The van der Waals surface area contributed by atoms with Gasteiger partial charge in [0.05, 0.1) is 11.4 Å². The van der Waals surface area contributed by atoms with Crippen molar-refractivity contribution in [3.8, 4) is 0 Å². The average Bonchev–Trinajstić information content (AvgIpc) is 3.14. The Labute approximate surface area is 105 Å². The summed E-state index contributed by atoms with van der Waals surface area (Å²) in [6.45, 7) is 1.41. The second-order valence-electron chi connectivity index (χ2n) is 5.03. The number of H-pyrrole nitrogens is 1. The standard InChI is InChI=1S/C12H18N4O2/c13-9-10(7-1-2-7)15-16-11(9)12(17)14-8-3-5-18-6-4-8/h7-8H,1-6,13H2,(H,14,17)(H,15,16). The summed E-state index contributed by atoms with van der Waals surface area (Å²) in [5, 5.41) is 9.91. The Morgan fingerprint density at radius 3 is 2.72 bits per heavy atom. The molecule has 0 spiro atoms. The van der Waals surface area contributed by atoms with Gasteiger partial charge in [-0.25, -0.2) is 0 Å². The van der Waals surface area contributed by atoms with Crippen LogP contribution in [0.15, 0.2) is 0 Å². The molecule has 18 heavy (non-hydrogen) atoms.